The molecule has 79 heavy (non-hydrogen) atoms. The molecule has 1 unspecified atom stereocenters. The molecule has 6 nitrogen and oxygen atoms in total. The number of rotatable bonds is 55. The molecule has 0 aliphatic rings. The van der Waals surface area contributed by atoms with Crippen LogP contribution in [0, 0.1) is 0 Å². The Morgan fingerprint density at radius 2 is 0.456 bits per heavy atom. The van der Waals surface area contributed by atoms with E-state index in [0.29, 0.717) is 12.8 Å². The van der Waals surface area contributed by atoms with E-state index in [9.17, 15) is 14.4 Å². The average Bonchev–Trinajstić information content (AvgIpc) is 3.45. The average molecular weight is 1090 g/mol. The predicted molar refractivity (Wildman–Crippen MR) is 343 cm³/mol. The molecule has 0 saturated carbocycles. The lowest BCUT2D eigenvalue weighted by molar-refractivity contribution is -0.167. The summed E-state index contributed by atoms with van der Waals surface area (Å²) in [6, 6.07) is 0. The highest BCUT2D eigenvalue weighted by molar-refractivity contribution is 5.71. The first kappa shape index (κ1) is 73.8. The van der Waals surface area contributed by atoms with Gasteiger partial charge in [0.2, 0.25) is 0 Å². The van der Waals surface area contributed by atoms with Crippen molar-refractivity contribution in [3.63, 3.8) is 0 Å². The summed E-state index contributed by atoms with van der Waals surface area (Å²) < 4.78 is 16.9. The van der Waals surface area contributed by atoms with E-state index in [1.54, 1.807) is 0 Å². The number of hydrogen-bond acceptors (Lipinski definition) is 6. The molecule has 0 rings (SSSR count). The maximum Gasteiger partial charge on any atom is 0.306 e. The number of ether oxygens (including phenoxy) is 3. The molecule has 0 bridgehead atoms. The molecule has 0 aromatic carbocycles. The van der Waals surface area contributed by atoms with Crippen LogP contribution in [0.4, 0.5) is 0 Å². The predicted octanol–water partition coefficient (Wildman–Crippen LogP) is 21.9. The van der Waals surface area contributed by atoms with Gasteiger partial charge in [-0.15, -0.1) is 0 Å². The van der Waals surface area contributed by atoms with E-state index in [1.807, 2.05) is 0 Å². The fraction of sp³-hybridized carbons (Fsp3) is 0.575. The van der Waals surface area contributed by atoms with Gasteiger partial charge in [0.1, 0.15) is 13.2 Å². The van der Waals surface area contributed by atoms with Crippen molar-refractivity contribution in [3.8, 4) is 0 Å². The molecule has 0 aromatic heterocycles. The zero-order valence-corrected chi connectivity index (χ0v) is 50.6. The molecule has 0 radical (unpaired) electrons. The van der Waals surface area contributed by atoms with Crippen molar-refractivity contribution in [3.05, 3.63) is 170 Å². The molecular weight excluding hydrogens is 973 g/mol. The number of carbonyl (C=O) groups excluding carboxylic acids is 3. The van der Waals surface area contributed by atoms with Gasteiger partial charge in [0.15, 0.2) is 6.10 Å². The third-order valence-corrected chi connectivity index (χ3v) is 12.7. The van der Waals surface area contributed by atoms with Gasteiger partial charge >= 0.3 is 17.9 Å². The topological polar surface area (TPSA) is 78.9 Å². The highest BCUT2D eigenvalue weighted by Gasteiger charge is 2.19. The van der Waals surface area contributed by atoms with Crippen LogP contribution >= 0.6 is 0 Å². The molecule has 0 N–H and O–H groups in total. The highest BCUT2D eigenvalue weighted by atomic mass is 16.6. The second-order valence-electron chi connectivity index (χ2n) is 20.2. The van der Waals surface area contributed by atoms with Crippen molar-refractivity contribution in [2.45, 2.75) is 258 Å². The van der Waals surface area contributed by atoms with Crippen LogP contribution in [0.1, 0.15) is 252 Å². The summed E-state index contributed by atoms with van der Waals surface area (Å²) in [4.78, 5) is 38.3. The van der Waals surface area contributed by atoms with Gasteiger partial charge in [0, 0.05) is 19.3 Å². The maximum atomic E-state index is 12.9. The number of carbonyl (C=O) groups is 3. The largest absolute Gasteiger partial charge is 0.462 e. The quantitative estimate of drug-likeness (QED) is 0.0261. The Labute approximate surface area is 485 Å². The van der Waals surface area contributed by atoms with E-state index < -0.39 is 6.10 Å². The zero-order chi connectivity index (χ0) is 57.1. The van der Waals surface area contributed by atoms with E-state index in [-0.39, 0.29) is 37.5 Å². The first-order valence-corrected chi connectivity index (χ1v) is 31.6. The van der Waals surface area contributed by atoms with Gasteiger partial charge in [-0.3, -0.25) is 14.4 Å². The van der Waals surface area contributed by atoms with Crippen LogP contribution in [0.15, 0.2) is 170 Å². The van der Waals surface area contributed by atoms with Crippen LogP contribution < -0.4 is 0 Å². The fourth-order valence-electron chi connectivity index (χ4n) is 8.07. The van der Waals surface area contributed by atoms with Crippen molar-refractivity contribution >= 4 is 17.9 Å². The summed E-state index contributed by atoms with van der Waals surface area (Å²) >= 11 is 0. The number of allylic oxidation sites excluding steroid dienone is 28. The Hall–Kier alpha value is -5.23. The monoisotopic (exact) mass is 1090 g/mol. The standard InChI is InChI=1S/C73H114O6/c1-4-7-10-13-16-19-22-25-28-30-31-32-33-34-35-36-37-38-39-40-41-43-45-48-51-54-57-60-63-66-72(75)78-69-70(68-77-71(74)65-62-59-56-53-50-47-44-27-24-21-18-15-12-9-6-3)79-73(76)67-64-61-58-55-52-49-46-42-29-26-23-20-17-14-11-8-5-2/h7-12,16-21,25-29,31-32,34-35,37-38,40-41,44,46,49,70H,4-6,13-15,22-24,30,33,36,39,42-43,45,47-48,50-69H2,1-3H3/b10-7-,11-8-,12-9-,19-16-,20-17-,21-18-,28-25-,29-26-,32-31-,35-34-,38-37-,41-40-,44-27-,49-46-. The van der Waals surface area contributed by atoms with Gasteiger partial charge in [0.25, 0.3) is 0 Å². The van der Waals surface area contributed by atoms with Crippen LogP contribution in [0.25, 0.3) is 0 Å². The third-order valence-electron chi connectivity index (χ3n) is 12.7. The SMILES string of the molecule is CC/C=C\C/C=C\C/C=C\C/C=C\C/C=C\C/C=C\C/C=C\CCCCCCCCCC(=O)OCC(COC(=O)CCCCCCC/C=C\C/C=C\C/C=C\CC)OC(=O)CCCCCC/C=C\C/C=C\C/C=C\C/C=C\CC. The number of esters is 3. The third kappa shape index (κ3) is 63.5. The molecule has 0 fully saturated rings. The van der Waals surface area contributed by atoms with Gasteiger partial charge in [-0.25, -0.2) is 0 Å². The Morgan fingerprint density at radius 1 is 0.253 bits per heavy atom. The minimum Gasteiger partial charge on any atom is -0.462 e. The normalized spacial score (nSPS) is 13.3. The molecule has 442 valence electrons. The molecule has 1 atom stereocenters. The summed E-state index contributed by atoms with van der Waals surface area (Å²) in [5, 5.41) is 0. The summed E-state index contributed by atoms with van der Waals surface area (Å²) in [6.07, 6.45) is 96.4. The van der Waals surface area contributed by atoms with Gasteiger partial charge in [0.05, 0.1) is 0 Å². The van der Waals surface area contributed by atoms with Crippen molar-refractivity contribution in [2.24, 2.45) is 0 Å². The zero-order valence-electron chi connectivity index (χ0n) is 50.6. The Bertz CT molecular complexity index is 1820. The molecule has 0 aliphatic carbocycles. The Morgan fingerprint density at radius 3 is 0.709 bits per heavy atom. The minimum atomic E-state index is -0.813. The lowest BCUT2D eigenvalue weighted by atomic mass is 10.1. The molecular formula is C73H114O6. The van der Waals surface area contributed by atoms with E-state index in [2.05, 4.69) is 191 Å². The smallest absolute Gasteiger partial charge is 0.306 e. The van der Waals surface area contributed by atoms with Gasteiger partial charge in [-0.05, 0) is 148 Å². The van der Waals surface area contributed by atoms with E-state index in [1.165, 1.54) is 25.7 Å². The number of unbranched alkanes of at least 4 members (excludes halogenated alkanes) is 16. The summed E-state index contributed by atoms with van der Waals surface area (Å²) in [6.45, 7) is 6.25. The van der Waals surface area contributed by atoms with Crippen LogP contribution in [-0.4, -0.2) is 37.2 Å². The second kappa shape index (κ2) is 65.3. The first-order valence-electron chi connectivity index (χ1n) is 31.6. The Balaban J connectivity index is 4.43. The molecule has 0 spiro atoms. The van der Waals surface area contributed by atoms with E-state index in [0.717, 1.165) is 186 Å². The minimum absolute atomic E-state index is 0.108. The van der Waals surface area contributed by atoms with Crippen LogP contribution in [0.5, 0.6) is 0 Å². The molecule has 0 amide bonds. The molecule has 0 heterocycles. The van der Waals surface area contributed by atoms with Crippen molar-refractivity contribution in [2.75, 3.05) is 13.2 Å². The van der Waals surface area contributed by atoms with Crippen LogP contribution in [-0.2, 0) is 28.6 Å². The van der Waals surface area contributed by atoms with E-state index in [4.69, 9.17) is 14.2 Å². The lowest BCUT2D eigenvalue weighted by Crippen LogP contribution is -2.30. The van der Waals surface area contributed by atoms with Crippen molar-refractivity contribution in [1.82, 2.24) is 0 Å². The number of hydrogen-bond donors (Lipinski definition) is 0. The highest BCUT2D eigenvalue weighted by Crippen LogP contribution is 2.14. The Kier molecular flexibility index (Phi) is 61.0. The fourth-order valence-corrected chi connectivity index (χ4v) is 8.07. The van der Waals surface area contributed by atoms with Gasteiger partial charge in [-0.1, -0.05) is 255 Å². The van der Waals surface area contributed by atoms with E-state index >= 15 is 0 Å². The molecule has 0 aromatic rings. The maximum absolute atomic E-state index is 12.9. The summed E-state index contributed by atoms with van der Waals surface area (Å²) in [7, 11) is 0. The van der Waals surface area contributed by atoms with Crippen LogP contribution in [0.3, 0.4) is 0 Å². The van der Waals surface area contributed by atoms with Gasteiger partial charge < -0.3 is 14.2 Å². The van der Waals surface area contributed by atoms with Crippen molar-refractivity contribution < 1.29 is 28.6 Å². The first-order chi connectivity index (χ1) is 39.0. The van der Waals surface area contributed by atoms with Gasteiger partial charge in [-0.2, -0.15) is 0 Å². The molecule has 0 saturated heterocycles. The lowest BCUT2D eigenvalue weighted by Gasteiger charge is -2.18. The second-order valence-corrected chi connectivity index (χ2v) is 20.2. The molecule has 6 heteroatoms. The van der Waals surface area contributed by atoms with Crippen LogP contribution in [0.2, 0.25) is 0 Å². The molecule has 0 aliphatic heterocycles. The van der Waals surface area contributed by atoms with Crippen molar-refractivity contribution in [1.29, 1.82) is 0 Å². The summed E-state index contributed by atoms with van der Waals surface area (Å²) in [5.74, 6) is -0.964. The summed E-state index contributed by atoms with van der Waals surface area (Å²) in [5.41, 5.74) is 0.